The number of rotatable bonds is 10. The molecule has 5 nitrogen and oxygen atoms in total. The van der Waals surface area contributed by atoms with Gasteiger partial charge < -0.3 is 4.98 Å². The lowest BCUT2D eigenvalue weighted by molar-refractivity contribution is -0.129. The Bertz CT molecular complexity index is 1140. The SMILES string of the molecule is O=C(CCc1ccc(CN(CCc2c[nH]c3ccccc23)Cc2ccccc2)cc1)NO. The lowest BCUT2D eigenvalue weighted by atomic mass is 10.1. The van der Waals surface area contributed by atoms with Crippen LogP contribution in [0.2, 0.25) is 0 Å². The molecule has 0 saturated carbocycles. The van der Waals surface area contributed by atoms with Crippen LogP contribution in [-0.4, -0.2) is 27.5 Å². The molecule has 32 heavy (non-hydrogen) atoms. The molecule has 3 N–H and O–H groups in total. The molecule has 0 unspecified atom stereocenters. The van der Waals surface area contributed by atoms with E-state index in [-0.39, 0.29) is 12.3 Å². The van der Waals surface area contributed by atoms with Gasteiger partial charge in [0.25, 0.3) is 0 Å². The zero-order chi connectivity index (χ0) is 22.2. The normalized spacial score (nSPS) is 11.2. The first-order valence-electron chi connectivity index (χ1n) is 11.0. The van der Waals surface area contributed by atoms with Crippen molar-refractivity contribution in [2.75, 3.05) is 6.54 Å². The first-order valence-corrected chi connectivity index (χ1v) is 11.0. The van der Waals surface area contributed by atoms with E-state index >= 15 is 0 Å². The molecule has 1 amide bonds. The first-order chi connectivity index (χ1) is 15.7. The Labute approximate surface area is 188 Å². The van der Waals surface area contributed by atoms with Crippen LogP contribution in [0, 0.1) is 0 Å². The minimum Gasteiger partial charge on any atom is -0.361 e. The number of hydrogen-bond acceptors (Lipinski definition) is 3. The van der Waals surface area contributed by atoms with Gasteiger partial charge >= 0.3 is 0 Å². The molecule has 1 aromatic heterocycles. The second kappa shape index (κ2) is 10.8. The summed E-state index contributed by atoms with van der Waals surface area (Å²) in [4.78, 5) is 17.1. The molecule has 0 radical (unpaired) electrons. The van der Waals surface area contributed by atoms with Gasteiger partial charge in [-0.15, -0.1) is 0 Å². The number of aryl methyl sites for hydroxylation is 1. The predicted molar refractivity (Wildman–Crippen MR) is 127 cm³/mol. The number of hydrogen-bond donors (Lipinski definition) is 3. The summed E-state index contributed by atoms with van der Waals surface area (Å²) >= 11 is 0. The van der Waals surface area contributed by atoms with E-state index in [4.69, 9.17) is 5.21 Å². The van der Waals surface area contributed by atoms with E-state index in [1.807, 2.05) is 0 Å². The van der Waals surface area contributed by atoms with E-state index in [2.05, 4.69) is 94.9 Å². The summed E-state index contributed by atoms with van der Waals surface area (Å²) in [5.41, 5.74) is 7.85. The van der Waals surface area contributed by atoms with E-state index in [1.165, 1.54) is 27.6 Å². The van der Waals surface area contributed by atoms with Crippen LogP contribution >= 0.6 is 0 Å². The number of aromatic nitrogens is 1. The van der Waals surface area contributed by atoms with Crippen molar-refractivity contribution in [2.45, 2.75) is 32.4 Å². The van der Waals surface area contributed by atoms with Crippen molar-refractivity contribution >= 4 is 16.8 Å². The molecular weight excluding hydrogens is 398 g/mol. The molecule has 0 spiro atoms. The number of amides is 1. The van der Waals surface area contributed by atoms with Crippen LogP contribution in [0.3, 0.4) is 0 Å². The number of aromatic amines is 1. The number of para-hydroxylation sites is 1. The fourth-order valence-corrected chi connectivity index (χ4v) is 4.06. The van der Waals surface area contributed by atoms with Crippen molar-refractivity contribution in [2.24, 2.45) is 0 Å². The third-order valence-corrected chi connectivity index (χ3v) is 5.82. The topological polar surface area (TPSA) is 68.4 Å². The second-order valence-electron chi connectivity index (χ2n) is 8.16. The molecule has 0 saturated heterocycles. The molecule has 0 atom stereocenters. The molecule has 1 heterocycles. The van der Waals surface area contributed by atoms with Gasteiger partial charge in [-0.3, -0.25) is 14.9 Å². The summed E-state index contributed by atoms with van der Waals surface area (Å²) in [6.07, 6.45) is 4.00. The zero-order valence-corrected chi connectivity index (χ0v) is 18.1. The molecule has 0 aliphatic heterocycles. The largest absolute Gasteiger partial charge is 0.361 e. The molecule has 0 bridgehead atoms. The van der Waals surface area contributed by atoms with E-state index in [0.717, 1.165) is 31.6 Å². The molecular formula is C27H29N3O2. The van der Waals surface area contributed by atoms with E-state index in [1.54, 1.807) is 5.48 Å². The van der Waals surface area contributed by atoms with Gasteiger partial charge in [0.2, 0.25) is 5.91 Å². The van der Waals surface area contributed by atoms with Gasteiger partial charge in [0.1, 0.15) is 0 Å². The highest BCUT2D eigenvalue weighted by Crippen LogP contribution is 2.19. The highest BCUT2D eigenvalue weighted by Gasteiger charge is 2.10. The van der Waals surface area contributed by atoms with Gasteiger partial charge in [-0.2, -0.15) is 0 Å². The van der Waals surface area contributed by atoms with Gasteiger partial charge in [-0.25, -0.2) is 5.48 Å². The molecule has 0 fully saturated rings. The third kappa shape index (κ3) is 5.84. The molecule has 164 valence electrons. The summed E-state index contributed by atoms with van der Waals surface area (Å²) in [6.45, 7) is 2.70. The minimum atomic E-state index is -0.361. The van der Waals surface area contributed by atoms with Crippen LogP contribution in [0.4, 0.5) is 0 Å². The number of fused-ring (bicyclic) bond motifs is 1. The third-order valence-electron chi connectivity index (χ3n) is 5.82. The van der Waals surface area contributed by atoms with Crippen molar-refractivity contribution in [1.82, 2.24) is 15.4 Å². The summed E-state index contributed by atoms with van der Waals surface area (Å²) in [6, 6.07) is 27.4. The Hall–Kier alpha value is -3.41. The molecule has 0 aliphatic rings. The van der Waals surface area contributed by atoms with Crippen LogP contribution in [0.15, 0.2) is 85.1 Å². The van der Waals surface area contributed by atoms with E-state index < -0.39 is 0 Å². The summed E-state index contributed by atoms with van der Waals surface area (Å²) in [5, 5.41) is 9.94. The lowest BCUT2D eigenvalue weighted by Crippen LogP contribution is -2.25. The summed E-state index contributed by atoms with van der Waals surface area (Å²) < 4.78 is 0. The standard InChI is InChI=1S/C27H29N3O2/c31-27(29-32)15-14-21-10-12-23(13-11-21)20-30(19-22-6-2-1-3-7-22)17-16-24-18-28-26-9-5-4-8-25(24)26/h1-13,18,28,32H,14-17,19-20H2,(H,29,31). The maximum Gasteiger partial charge on any atom is 0.243 e. The molecule has 4 aromatic rings. The Morgan fingerprint density at radius 3 is 2.22 bits per heavy atom. The Morgan fingerprint density at radius 1 is 0.812 bits per heavy atom. The van der Waals surface area contributed by atoms with E-state index in [0.29, 0.717) is 6.42 Å². The average Bonchev–Trinajstić information content (AvgIpc) is 3.25. The first kappa shape index (κ1) is 21.8. The van der Waals surface area contributed by atoms with Crippen molar-refractivity contribution < 1.29 is 10.0 Å². The number of hydroxylamine groups is 1. The predicted octanol–water partition coefficient (Wildman–Crippen LogP) is 4.85. The Morgan fingerprint density at radius 2 is 1.47 bits per heavy atom. The number of carbonyl (C=O) groups is 1. The maximum atomic E-state index is 11.3. The van der Waals surface area contributed by atoms with Crippen LogP contribution in [0.25, 0.3) is 10.9 Å². The number of nitrogens with zero attached hydrogens (tertiary/aromatic N) is 1. The smallest absolute Gasteiger partial charge is 0.243 e. The van der Waals surface area contributed by atoms with Crippen LogP contribution < -0.4 is 5.48 Å². The van der Waals surface area contributed by atoms with Gasteiger partial charge in [0, 0.05) is 43.2 Å². The Balaban J connectivity index is 1.43. The minimum absolute atomic E-state index is 0.278. The van der Waals surface area contributed by atoms with E-state index in [9.17, 15) is 4.79 Å². The second-order valence-corrected chi connectivity index (χ2v) is 8.16. The summed E-state index contributed by atoms with van der Waals surface area (Å²) in [5.74, 6) is -0.361. The van der Waals surface area contributed by atoms with Gasteiger partial charge in [-0.1, -0.05) is 72.8 Å². The number of benzene rings is 3. The molecule has 4 rings (SSSR count). The van der Waals surface area contributed by atoms with Gasteiger partial charge in [-0.05, 0) is 41.2 Å². The average molecular weight is 428 g/mol. The molecule has 5 heteroatoms. The zero-order valence-electron chi connectivity index (χ0n) is 18.1. The van der Waals surface area contributed by atoms with Crippen molar-refractivity contribution in [3.63, 3.8) is 0 Å². The summed E-state index contributed by atoms with van der Waals surface area (Å²) in [7, 11) is 0. The number of nitrogens with one attached hydrogen (secondary N) is 2. The highest BCUT2D eigenvalue weighted by molar-refractivity contribution is 5.83. The monoisotopic (exact) mass is 427 g/mol. The number of carbonyl (C=O) groups excluding carboxylic acids is 1. The maximum absolute atomic E-state index is 11.3. The van der Waals surface area contributed by atoms with Crippen molar-refractivity contribution in [3.05, 3.63) is 107 Å². The fraction of sp³-hybridized carbons (Fsp3) is 0.222. The Kier molecular flexibility index (Phi) is 7.33. The highest BCUT2D eigenvalue weighted by atomic mass is 16.5. The quantitative estimate of drug-likeness (QED) is 0.250. The van der Waals surface area contributed by atoms with Crippen molar-refractivity contribution in [3.8, 4) is 0 Å². The fourth-order valence-electron chi connectivity index (χ4n) is 4.06. The lowest BCUT2D eigenvalue weighted by Gasteiger charge is -2.23. The van der Waals surface area contributed by atoms with Gasteiger partial charge in [0.15, 0.2) is 0 Å². The number of H-pyrrole nitrogens is 1. The van der Waals surface area contributed by atoms with Crippen LogP contribution in [-0.2, 0) is 30.7 Å². The van der Waals surface area contributed by atoms with Gasteiger partial charge in [0.05, 0.1) is 0 Å². The van der Waals surface area contributed by atoms with Crippen LogP contribution in [0.1, 0.15) is 28.7 Å². The van der Waals surface area contributed by atoms with Crippen LogP contribution in [0.5, 0.6) is 0 Å². The van der Waals surface area contributed by atoms with Crippen molar-refractivity contribution in [1.29, 1.82) is 0 Å². The molecule has 3 aromatic carbocycles. The molecule has 0 aliphatic carbocycles.